The van der Waals surface area contributed by atoms with Crippen LogP contribution in [0.25, 0.3) is 0 Å². The monoisotopic (exact) mass is 275 g/mol. The normalized spacial score (nSPS) is 9.95. The first-order valence-corrected chi connectivity index (χ1v) is 5.91. The molecule has 0 aromatic heterocycles. The van der Waals surface area contributed by atoms with Crippen LogP contribution < -0.4 is 4.74 Å². The molecule has 0 fully saturated rings. The first-order valence-electron chi connectivity index (χ1n) is 5.53. The molecule has 2 aromatic carbocycles. The summed E-state index contributed by atoms with van der Waals surface area (Å²) in [5, 5.41) is 3.48. The zero-order chi connectivity index (χ0) is 13.7. The van der Waals surface area contributed by atoms with Crippen molar-refractivity contribution in [1.29, 1.82) is 0 Å². The summed E-state index contributed by atoms with van der Waals surface area (Å²) in [6.45, 7) is 0.266. The van der Waals surface area contributed by atoms with Crippen molar-refractivity contribution in [2.45, 2.75) is 6.61 Å². The van der Waals surface area contributed by atoms with Gasteiger partial charge in [-0.05, 0) is 35.0 Å². The van der Waals surface area contributed by atoms with E-state index in [0.29, 0.717) is 11.3 Å². The number of halogens is 1. The lowest BCUT2D eigenvalue weighted by molar-refractivity contribution is 0.112. The second kappa shape index (κ2) is 6.11. The van der Waals surface area contributed by atoms with E-state index in [4.69, 9.17) is 16.3 Å². The largest absolute Gasteiger partial charge is 0.486 e. The van der Waals surface area contributed by atoms with Crippen LogP contribution in [0.4, 0.5) is 5.69 Å². The summed E-state index contributed by atoms with van der Waals surface area (Å²) in [6.07, 6.45) is 0.575. The van der Waals surface area contributed by atoms with Crippen molar-refractivity contribution in [2.75, 3.05) is 0 Å². The van der Waals surface area contributed by atoms with Crippen molar-refractivity contribution < 1.29 is 9.53 Å². The molecule has 5 heteroatoms. The number of benzene rings is 2. The highest BCUT2D eigenvalue weighted by atomic mass is 35.5. The molecule has 2 aromatic rings. The van der Waals surface area contributed by atoms with Crippen molar-refractivity contribution in [3.63, 3.8) is 0 Å². The molecule has 0 aliphatic rings. The van der Waals surface area contributed by atoms with Crippen LogP contribution in [0.2, 0.25) is 5.02 Å². The highest BCUT2D eigenvalue weighted by molar-refractivity contribution is 6.30. The third-order valence-electron chi connectivity index (χ3n) is 2.56. The van der Waals surface area contributed by atoms with E-state index in [9.17, 15) is 9.70 Å². The van der Waals surface area contributed by atoms with Crippen LogP contribution in [-0.2, 0) is 6.61 Å². The number of hydrogen-bond acceptors (Lipinski definition) is 4. The number of nitrogens with zero attached hydrogens (tertiary/aromatic N) is 1. The van der Waals surface area contributed by atoms with Crippen molar-refractivity contribution in [3.8, 4) is 5.75 Å². The van der Waals surface area contributed by atoms with E-state index in [0.717, 1.165) is 5.56 Å². The number of carbonyl (C=O) groups is 1. The first-order chi connectivity index (χ1) is 9.24. The standard InChI is InChI=1S/C14H10ClNO3/c15-12-6-4-10(5-7-12)9-19-13-3-1-2-11(8-17)14(13)16-18/h1-8H,9H2. The van der Waals surface area contributed by atoms with Crippen molar-refractivity contribution in [1.82, 2.24) is 0 Å². The topological polar surface area (TPSA) is 55.7 Å². The van der Waals surface area contributed by atoms with Gasteiger partial charge < -0.3 is 4.74 Å². The van der Waals surface area contributed by atoms with E-state index in [1.165, 1.54) is 6.07 Å². The van der Waals surface area contributed by atoms with E-state index >= 15 is 0 Å². The molecule has 0 atom stereocenters. The van der Waals surface area contributed by atoms with Crippen LogP contribution in [0.5, 0.6) is 5.75 Å². The highest BCUT2D eigenvalue weighted by Crippen LogP contribution is 2.31. The van der Waals surface area contributed by atoms with Crippen LogP contribution in [0.15, 0.2) is 47.6 Å². The summed E-state index contributed by atoms with van der Waals surface area (Å²) in [4.78, 5) is 21.5. The minimum atomic E-state index is 0.0199. The Balaban J connectivity index is 2.17. The number of carbonyl (C=O) groups excluding carboxylic acids is 1. The second-order valence-electron chi connectivity index (χ2n) is 3.82. The van der Waals surface area contributed by atoms with Crippen LogP contribution in [0, 0.1) is 4.91 Å². The summed E-state index contributed by atoms with van der Waals surface area (Å²) in [7, 11) is 0. The second-order valence-corrected chi connectivity index (χ2v) is 4.25. The van der Waals surface area contributed by atoms with Crippen LogP contribution in [0.3, 0.4) is 0 Å². The van der Waals surface area contributed by atoms with E-state index in [-0.39, 0.29) is 23.6 Å². The Labute approximate surface area is 114 Å². The maximum atomic E-state index is 10.8. The van der Waals surface area contributed by atoms with Gasteiger partial charge in [0, 0.05) is 10.6 Å². The summed E-state index contributed by atoms with van der Waals surface area (Å²) >= 11 is 5.78. The van der Waals surface area contributed by atoms with Gasteiger partial charge in [0.05, 0.1) is 0 Å². The molecule has 0 radical (unpaired) electrons. The molecule has 0 bridgehead atoms. The molecule has 4 nitrogen and oxygen atoms in total. The smallest absolute Gasteiger partial charge is 0.160 e. The predicted octanol–water partition coefficient (Wildman–Crippen LogP) is 4.13. The molecule has 19 heavy (non-hydrogen) atoms. The van der Waals surface area contributed by atoms with Gasteiger partial charge in [-0.1, -0.05) is 29.8 Å². The Morgan fingerprint density at radius 1 is 1.16 bits per heavy atom. The average Bonchev–Trinajstić information content (AvgIpc) is 2.46. The molecule has 0 N–H and O–H groups in total. The lowest BCUT2D eigenvalue weighted by Gasteiger charge is -2.08. The Kier molecular flexibility index (Phi) is 4.26. The van der Waals surface area contributed by atoms with Crippen molar-refractivity contribution >= 4 is 23.6 Å². The number of nitroso groups, excluding NO2 is 1. The molecule has 0 unspecified atom stereocenters. The molecule has 96 valence electrons. The summed E-state index contributed by atoms with van der Waals surface area (Å²) in [6, 6.07) is 11.9. The van der Waals surface area contributed by atoms with E-state index in [1.807, 2.05) is 12.1 Å². The predicted molar refractivity (Wildman–Crippen MR) is 73.1 cm³/mol. The molecule has 0 heterocycles. The van der Waals surface area contributed by atoms with Gasteiger partial charge in [0.15, 0.2) is 12.0 Å². The van der Waals surface area contributed by atoms with E-state index in [1.54, 1.807) is 24.3 Å². The highest BCUT2D eigenvalue weighted by Gasteiger charge is 2.09. The zero-order valence-corrected chi connectivity index (χ0v) is 10.6. The zero-order valence-electron chi connectivity index (χ0n) is 9.88. The summed E-state index contributed by atoms with van der Waals surface area (Å²) in [5.74, 6) is 0.287. The van der Waals surface area contributed by atoms with Gasteiger partial charge in [-0.15, -0.1) is 4.91 Å². The number of ether oxygens (including phenoxy) is 1. The van der Waals surface area contributed by atoms with Crippen molar-refractivity contribution in [2.24, 2.45) is 5.18 Å². The lowest BCUT2D eigenvalue weighted by Crippen LogP contribution is -1.96. The fourth-order valence-corrected chi connectivity index (χ4v) is 1.72. The third-order valence-corrected chi connectivity index (χ3v) is 2.81. The van der Waals surface area contributed by atoms with Gasteiger partial charge in [-0.3, -0.25) is 4.79 Å². The van der Waals surface area contributed by atoms with Crippen molar-refractivity contribution in [3.05, 3.63) is 63.5 Å². The Morgan fingerprint density at radius 2 is 1.89 bits per heavy atom. The molecule has 0 spiro atoms. The van der Waals surface area contributed by atoms with Gasteiger partial charge in [0.2, 0.25) is 0 Å². The molecular formula is C14H10ClNO3. The number of hydrogen-bond donors (Lipinski definition) is 0. The Hall–Kier alpha value is -2.20. The van der Waals surface area contributed by atoms with Crippen LogP contribution >= 0.6 is 11.6 Å². The number of rotatable bonds is 5. The first kappa shape index (κ1) is 13.2. The molecule has 2 rings (SSSR count). The van der Waals surface area contributed by atoms with Gasteiger partial charge in [0.25, 0.3) is 0 Å². The molecule has 0 saturated carbocycles. The Morgan fingerprint density at radius 3 is 2.53 bits per heavy atom. The molecule has 0 aliphatic heterocycles. The van der Waals surface area contributed by atoms with Crippen LogP contribution in [-0.4, -0.2) is 6.29 Å². The molecule has 0 aliphatic carbocycles. The van der Waals surface area contributed by atoms with Gasteiger partial charge in [-0.2, -0.15) is 0 Å². The SMILES string of the molecule is O=Cc1cccc(OCc2ccc(Cl)cc2)c1N=O. The van der Waals surface area contributed by atoms with E-state index < -0.39 is 0 Å². The molecule has 0 saturated heterocycles. The third kappa shape index (κ3) is 3.17. The minimum absolute atomic E-state index is 0.0199. The minimum Gasteiger partial charge on any atom is -0.486 e. The maximum absolute atomic E-state index is 10.8. The lowest BCUT2D eigenvalue weighted by atomic mass is 10.2. The molecular weight excluding hydrogens is 266 g/mol. The quantitative estimate of drug-likeness (QED) is 0.609. The average molecular weight is 276 g/mol. The van der Waals surface area contributed by atoms with Gasteiger partial charge in [-0.25, -0.2) is 0 Å². The fourth-order valence-electron chi connectivity index (χ4n) is 1.59. The maximum Gasteiger partial charge on any atom is 0.160 e. The fraction of sp³-hybridized carbons (Fsp3) is 0.0714. The number of aldehydes is 1. The summed E-state index contributed by atoms with van der Waals surface area (Å²) in [5.41, 5.74) is 1.13. The van der Waals surface area contributed by atoms with Crippen LogP contribution in [0.1, 0.15) is 15.9 Å². The Bertz CT molecular complexity index is 596. The van der Waals surface area contributed by atoms with Gasteiger partial charge in [0.1, 0.15) is 12.4 Å². The van der Waals surface area contributed by atoms with Gasteiger partial charge >= 0.3 is 0 Å². The molecule has 0 amide bonds. The van der Waals surface area contributed by atoms with E-state index in [2.05, 4.69) is 5.18 Å². The summed E-state index contributed by atoms with van der Waals surface area (Å²) < 4.78 is 5.50.